The Labute approximate surface area is 207 Å². The number of carbonyl (C=O) groups excluding carboxylic acids is 2. The summed E-state index contributed by atoms with van der Waals surface area (Å²) in [6.45, 7) is 5.24. The number of hydrogen-bond donors (Lipinski definition) is 2. The summed E-state index contributed by atoms with van der Waals surface area (Å²) in [5, 5.41) is 14.1. The van der Waals surface area contributed by atoms with E-state index in [0.717, 1.165) is 0 Å². The molecule has 0 bridgehead atoms. The first-order valence-electron chi connectivity index (χ1n) is 11.4. The number of rotatable bonds is 5. The number of ether oxygens (including phenoxy) is 1. The Kier molecular flexibility index (Phi) is 6.77. The van der Waals surface area contributed by atoms with Crippen molar-refractivity contribution < 1.29 is 23.8 Å². The van der Waals surface area contributed by atoms with E-state index in [1.54, 1.807) is 49.1 Å². The van der Waals surface area contributed by atoms with Gasteiger partial charge in [-0.25, -0.2) is 14.1 Å². The zero-order valence-corrected chi connectivity index (χ0v) is 20.2. The number of carbonyl (C=O) groups is 2. The molecule has 1 aliphatic heterocycles. The van der Waals surface area contributed by atoms with E-state index < -0.39 is 23.4 Å². The maximum absolute atomic E-state index is 13.8. The Morgan fingerprint density at radius 3 is 2.75 bits per heavy atom. The number of anilines is 1. The standard InChI is InChI=1S/C26H26FN5O4/c1-4-31-19-13-16(10-11-26(2,3)35)8-9-21(19)36-15-20(25(31)34)32-22(29-24(30-32)23(28)33)14-17-6-5-7-18(27)12-17/h5-9,12-13,20,35H,4,14-15H2,1-3H3,(H2,28,33)/t20-/m0/s1. The summed E-state index contributed by atoms with van der Waals surface area (Å²) < 4.78 is 21.1. The summed E-state index contributed by atoms with van der Waals surface area (Å²) in [7, 11) is 0. The molecule has 10 heteroatoms. The largest absolute Gasteiger partial charge is 0.489 e. The van der Waals surface area contributed by atoms with Crippen molar-refractivity contribution >= 4 is 17.5 Å². The summed E-state index contributed by atoms with van der Waals surface area (Å²) in [6, 6.07) is 10.2. The van der Waals surface area contributed by atoms with Gasteiger partial charge in [0.1, 0.15) is 29.6 Å². The monoisotopic (exact) mass is 491 g/mol. The van der Waals surface area contributed by atoms with Gasteiger partial charge in [-0.2, -0.15) is 0 Å². The average Bonchev–Trinajstić information content (AvgIpc) is 3.16. The predicted molar refractivity (Wildman–Crippen MR) is 130 cm³/mol. The molecule has 0 saturated heterocycles. The smallest absolute Gasteiger partial charge is 0.288 e. The van der Waals surface area contributed by atoms with Crippen LogP contribution in [0, 0.1) is 17.7 Å². The summed E-state index contributed by atoms with van der Waals surface area (Å²) >= 11 is 0. The van der Waals surface area contributed by atoms with Crippen molar-refractivity contribution in [2.75, 3.05) is 18.1 Å². The minimum atomic E-state index is -1.17. The number of fused-ring (bicyclic) bond motifs is 1. The molecule has 2 amide bonds. The van der Waals surface area contributed by atoms with Crippen LogP contribution in [0.4, 0.5) is 10.1 Å². The Bertz CT molecular complexity index is 1380. The zero-order valence-electron chi connectivity index (χ0n) is 20.2. The van der Waals surface area contributed by atoms with Crippen LogP contribution in [0.25, 0.3) is 0 Å². The second-order valence-electron chi connectivity index (χ2n) is 8.87. The first-order valence-corrected chi connectivity index (χ1v) is 11.4. The molecule has 2 aromatic carbocycles. The maximum Gasteiger partial charge on any atom is 0.288 e. The van der Waals surface area contributed by atoms with Crippen LogP contribution < -0.4 is 15.4 Å². The van der Waals surface area contributed by atoms with E-state index in [2.05, 4.69) is 21.9 Å². The number of hydrogen-bond acceptors (Lipinski definition) is 6. The minimum Gasteiger partial charge on any atom is -0.489 e. The number of nitrogens with two attached hydrogens (primary N) is 1. The fourth-order valence-electron chi connectivity index (χ4n) is 3.85. The van der Waals surface area contributed by atoms with Crippen molar-refractivity contribution in [1.82, 2.24) is 14.8 Å². The van der Waals surface area contributed by atoms with Crippen molar-refractivity contribution in [2.45, 2.75) is 38.8 Å². The maximum atomic E-state index is 13.8. The topological polar surface area (TPSA) is 124 Å². The van der Waals surface area contributed by atoms with E-state index in [-0.39, 0.29) is 30.6 Å². The van der Waals surface area contributed by atoms with E-state index in [1.165, 1.54) is 16.8 Å². The third-order valence-electron chi connectivity index (χ3n) is 5.50. The first-order chi connectivity index (χ1) is 17.1. The van der Waals surface area contributed by atoms with Crippen LogP contribution in [-0.4, -0.2) is 50.4 Å². The molecule has 1 atom stereocenters. The van der Waals surface area contributed by atoms with E-state index in [4.69, 9.17) is 10.5 Å². The molecule has 2 heterocycles. The molecule has 3 N–H and O–H groups in total. The molecule has 186 valence electrons. The molecule has 36 heavy (non-hydrogen) atoms. The van der Waals surface area contributed by atoms with E-state index in [0.29, 0.717) is 29.1 Å². The van der Waals surface area contributed by atoms with Crippen LogP contribution in [-0.2, 0) is 11.2 Å². The molecular formula is C26H26FN5O4. The lowest BCUT2D eigenvalue weighted by atomic mass is 10.1. The Balaban J connectivity index is 1.73. The molecule has 0 spiro atoms. The first kappa shape index (κ1) is 24.9. The number of benzene rings is 2. The number of nitrogens with zero attached hydrogens (tertiary/aromatic N) is 4. The van der Waals surface area contributed by atoms with Gasteiger partial charge in [0.2, 0.25) is 5.82 Å². The zero-order chi connectivity index (χ0) is 26.0. The van der Waals surface area contributed by atoms with E-state index in [1.807, 2.05) is 6.92 Å². The number of amides is 2. The van der Waals surface area contributed by atoms with E-state index in [9.17, 15) is 19.1 Å². The summed E-state index contributed by atoms with van der Waals surface area (Å²) in [6.07, 6.45) is 0.123. The Morgan fingerprint density at radius 1 is 1.31 bits per heavy atom. The highest BCUT2D eigenvalue weighted by atomic mass is 19.1. The van der Waals surface area contributed by atoms with Crippen molar-refractivity contribution in [3.8, 4) is 17.6 Å². The van der Waals surface area contributed by atoms with Gasteiger partial charge in [0.15, 0.2) is 6.04 Å². The minimum absolute atomic E-state index is 0.0747. The average molecular weight is 492 g/mol. The van der Waals surface area contributed by atoms with Crippen molar-refractivity contribution in [1.29, 1.82) is 0 Å². The van der Waals surface area contributed by atoms with E-state index >= 15 is 0 Å². The van der Waals surface area contributed by atoms with Gasteiger partial charge in [0, 0.05) is 18.5 Å². The summed E-state index contributed by atoms with van der Waals surface area (Å²) in [5.41, 5.74) is 5.96. The number of aliphatic hydroxyl groups is 1. The van der Waals surface area contributed by atoms with Gasteiger partial charge < -0.3 is 20.5 Å². The molecule has 9 nitrogen and oxygen atoms in total. The van der Waals surface area contributed by atoms with Crippen LogP contribution in [0.5, 0.6) is 5.75 Å². The van der Waals surface area contributed by atoms with Crippen LogP contribution in [0.1, 0.15) is 54.4 Å². The molecule has 0 aliphatic carbocycles. The van der Waals surface area contributed by atoms with Crippen LogP contribution in [0.2, 0.25) is 0 Å². The van der Waals surface area contributed by atoms with Gasteiger partial charge in [-0.05, 0) is 56.7 Å². The lowest BCUT2D eigenvalue weighted by Gasteiger charge is -2.23. The van der Waals surface area contributed by atoms with Crippen molar-refractivity contribution in [2.24, 2.45) is 5.73 Å². The van der Waals surface area contributed by atoms with Gasteiger partial charge in [0.05, 0.1) is 5.69 Å². The molecular weight excluding hydrogens is 465 g/mol. The Morgan fingerprint density at radius 2 is 2.08 bits per heavy atom. The number of likely N-dealkylation sites (N-methyl/N-ethyl adjacent to an activating group) is 1. The fraction of sp³-hybridized carbons (Fsp3) is 0.308. The highest BCUT2D eigenvalue weighted by Gasteiger charge is 2.35. The van der Waals surface area contributed by atoms with Crippen LogP contribution in [0.3, 0.4) is 0 Å². The number of halogens is 1. The lowest BCUT2D eigenvalue weighted by Crippen LogP contribution is -2.39. The molecule has 1 aliphatic rings. The molecule has 3 aromatic rings. The van der Waals surface area contributed by atoms with Gasteiger partial charge in [-0.15, -0.1) is 5.10 Å². The highest BCUT2D eigenvalue weighted by Crippen LogP contribution is 2.35. The summed E-state index contributed by atoms with van der Waals surface area (Å²) in [4.78, 5) is 31.3. The normalized spacial score (nSPS) is 15.4. The lowest BCUT2D eigenvalue weighted by molar-refractivity contribution is -0.122. The highest BCUT2D eigenvalue weighted by molar-refractivity contribution is 5.98. The molecule has 0 radical (unpaired) electrons. The quantitative estimate of drug-likeness (QED) is 0.528. The van der Waals surface area contributed by atoms with Crippen LogP contribution >= 0.6 is 0 Å². The van der Waals surface area contributed by atoms with Crippen molar-refractivity contribution in [3.63, 3.8) is 0 Å². The third-order valence-corrected chi connectivity index (χ3v) is 5.50. The van der Waals surface area contributed by atoms with Gasteiger partial charge in [-0.3, -0.25) is 9.59 Å². The second kappa shape index (κ2) is 9.79. The predicted octanol–water partition coefficient (Wildman–Crippen LogP) is 2.22. The molecule has 0 fully saturated rings. The third kappa shape index (κ3) is 5.37. The SMILES string of the molecule is CCN1C(=O)[C@@H](n2nc(C(N)=O)nc2Cc2cccc(F)c2)COc2ccc(C#CC(C)(C)O)cc21. The molecule has 0 saturated carbocycles. The second-order valence-corrected chi connectivity index (χ2v) is 8.87. The van der Waals surface area contributed by atoms with Gasteiger partial charge in [-0.1, -0.05) is 24.0 Å². The molecule has 4 rings (SSSR count). The number of primary amides is 1. The molecule has 1 aromatic heterocycles. The Hall–Kier alpha value is -4.23. The van der Waals surface area contributed by atoms with Gasteiger partial charge in [0.25, 0.3) is 11.8 Å². The van der Waals surface area contributed by atoms with Gasteiger partial charge >= 0.3 is 0 Å². The fourth-order valence-corrected chi connectivity index (χ4v) is 3.85. The summed E-state index contributed by atoms with van der Waals surface area (Å²) in [5.74, 6) is 4.58. The van der Waals surface area contributed by atoms with Crippen molar-refractivity contribution in [3.05, 3.63) is 71.1 Å². The van der Waals surface area contributed by atoms with Crippen LogP contribution in [0.15, 0.2) is 42.5 Å². The molecule has 0 unspecified atom stereocenters. The number of aromatic nitrogens is 3.